The van der Waals surface area contributed by atoms with Crippen molar-refractivity contribution in [2.75, 3.05) is 20.2 Å². The molecule has 1 aliphatic heterocycles. The van der Waals surface area contributed by atoms with Crippen LogP contribution in [0.25, 0.3) is 10.9 Å². The van der Waals surface area contributed by atoms with Crippen LogP contribution in [-0.2, 0) is 11.3 Å². The quantitative estimate of drug-likeness (QED) is 0.415. The fraction of sp³-hybridized carbons (Fsp3) is 0.500. The largest absolute Gasteiger partial charge is 0.496 e. The number of rotatable bonds is 7. The molecular formula is C30H35F3N4O4. The van der Waals surface area contributed by atoms with Gasteiger partial charge in [0.05, 0.1) is 24.8 Å². The molecule has 11 heteroatoms. The van der Waals surface area contributed by atoms with Crippen LogP contribution >= 0.6 is 0 Å². The summed E-state index contributed by atoms with van der Waals surface area (Å²) < 4.78 is 48.0. The molecular weight excluding hydrogens is 537 g/mol. The van der Waals surface area contributed by atoms with Crippen LogP contribution < -0.4 is 15.6 Å². The number of amides is 2. The van der Waals surface area contributed by atoms with Crippen LogP contribution in [0.2, 0.25) is 0 Å². The third-order valence-electron chi connectivity index (χ3n) is 8.88. The molecule has 1 unspecified atom stereocenters. The van der Waals surface area contributed by atoms with Gasteiger partial charge in [0.1, 0.15) is 11.2 Å². The normalized spacial score (nSPS) is 17.9. The molecule has 8 nitrogen and oxygen atoms in total. The van der Waals surface area contributed by atoms with Gasteiger partial charge in [-0.25, -0.2) is 0 Å². The number of methoxy groups -OCH3 is 1. The Labute approximate surface area is 235 Å². The van der Waals surface area contributed by atoms with Crippen molar-refractivity contribution < 1.29 is 27.5 Å². The van der Waals surface area contributed by atoms with E-state index in [9.17, 15) is 27.6 Å². The number of piperidine rings is 1. The Kier molecular flexibility index (Phi) is 7.42. The molecule has 2 N–H and O–H groups in total. The summed E-state index contributed by atoms with van der Waals surface area (Å²) in [6.45, 7) is 6.23. The second-order valence-corrected chi connectivity index (χ2v) is 11.3. The fourth-order valence-electron chi connectivity index (χ4n) is 6.34. The number of carbonyl (C=O) groups is 2. The second kappa shape index (κ2) is 10.6. The number of benzene rings is 1. The van der Waals surface area contributed by atoms with E-state index in [1.54, 1.807) is 13.0 Å². The Bertz CT molecular complexity index is 1550. The van der Waals surface area contributed by atoms with E-state index < -0.39 is 17.5 Å². The number of nitrogens with zero attached hydrogens (tertiary/aromatic N) is 2. The monoisotopic (exact) mass is 572 g/mol. The van der Waals surface area contributed by atoms with Gasteiger partial charge in [-0.2, -0.15) is 13.2 Å². The number of nitrogens with one attached hydrogen (secondary N) is 2. The van der Waals surface area contributed by atoms with Crippen molar-refractivity contribution in [1.82, 2.24) is 19.8 Å². The van der Waals surface area contributed by atoms with Crippen molar-refractivity contribution in [2.24, 2.45) is 11.3 Å². The van der Waals surface area contributed by atoms with Crippen LogP contribution in [0.3, 0.4) is 0 Å². The molecule has 41 heavy (non-hydrogen) atoms. The van der Waals surface area contributed by atoms with Gasteiger partial charge in [-0.1, -0.05) is 18.2 Å². The molecule has 0 spiro atoms. The zero-order chi connectivity index (χ0) is 29.7. The predicted octanol–water partition coefficient (Wildman–Crippen LogP) is 5.03. The van der Waals surface area contributed by atoms with Gasteiger partial charge in [0.2, 0.25) is 5.91 Å². The lowest BCUT2D eigenvalue weighted by Gasteiger charge is -2.38. The minimum Gasteiger partial charge on any atom is -0.496 e. The van der Waals surface area contributed by atoms with Gasteiger partial charge < -0.3 is 24.5 Å². The lowest BCUT2D eigenvalue weighted by atomic mass is 9.89. The number of aromatic amines is 1. The van der Waals surface area contributed by atoms with Crippen LogP contribution in [0.15, 0.2) is 35.1 Å². The second-order valence-electron chi connectivity index (χ2n) is 11.3. The van der Waals surface area contributed by atoms with Gasteiger partial charge in [0, 0.05) is 41.4 Å². The molecule has 0 bridgehead atoms. The van der Waals surface area contributed by atoms with E-state index in [2.05, 4.69) is 21.8 Å². The summed E-state index contributed by atoms with van der Waals surface area (Å²) in [5.74, 6) is -0.608. The number of pyridine rings is 1. The fourth-order valence-corrected chi connectivity index (χ4v) is 6.34. The predicted molar refractivity (Wildman–Crippen MR) is 148 cm³/mol. The van der Waals surface area contributed by atoms with Crippen LogP contribution in [0, 0.1) is 25.2 Å². The Morgan fingerprint density at radius 3 is 2.44 bits per heavy atom. The molecule has 1 saturated heterocycles. The van der Waals surface area contributed by atoms with E-state index in [0.717, 1.165) is 16.6 Å². The number of alkyl halides is 3. The van der Waals surface area contributed by atoms with Crippen LogP contribution in [-0.4, -0.2) is 52.6 Å². The first-order chi connectivity index (χ1) is 19.4. The van der Waals surface area contributed by atoms with Gasteiger partial charge in [-0.3, -0.25) is 14.4 Å². The lowest BCUT2D eigenvalue weighted by molar-refractivity contribution is -0.199. The maximum Gasteiger partial charge on any atom is 0.403 e. The number of carbonyl (C=O) groups excluding carboxylic acids is 2. The number of likely N-dealkylation sites (tertiary alicyclic amines) is 1. The van der Waals surface area contributed by atoms with Crippen molar-refractivity contribution in [3.8, 4) is 5.75 Å². The first-order valence-corrected chi connectivity index (χ1v) is 13.9. The number of hydrogen-bond acceptors (Lipinski definition) is 4. The Balaban J connectivity index is 1.35. The summed E-state index contributed by atoms with van der Waals surface area (Å²) in [7, 11) is 1.47. The topological polar surface area (TPSA) is 96.4 Å². The summed E-state index contributed by atoms with van der Waals surface area (Å²) in [4.78, 5) is 42.9. The minimum absolute atomic E-state index is 0.0158. The summed E-state index contributed by atoms with van der Waals surface area (Å²) in [5, 5.41) is 3.65. The highest BCUT2D eigenvalue weighted by Gasteiger charge is 2.69. The number of para-hydroxylation sites is 1. The van der Waals surface area contributed by atoms with Crippen molar-refractivity contribution in [3.05, 3.63) is 63.2 Å². The molecule has 2 amide bonds. The minimum atomic E-state index is -4.51. The number of ether oxygens (including phenoxy) is 1. The van der Waals surface area contributed by atoms with Crippen molar-refractivity contribution in [2.45, 2.75) is 65.2 Å². The zero-order valence-corrected chi connectivity index (χ0v) is 23.7. The maximum absolute atomic E-state index is 13.5. The molecule has 1 saturated carbocycles. The molecule has 220 valence electrons. The number of halogens is 3. The maximum atomic E-state index is 13.5. The van der Waals surface area contributed by atoms with E-state index in [-0.39, 0.29) is 55.9 Å². The van der Waals surface area contributed by atoms with Gasteiger partial charge in [-0.15, -0.1) is 0 Å². The lowest BCUT2D eigenvalue weighted by Crippen LogP contribution is -2.47. The highest BCUT2D eigenvalue weighted by Crippen LogP contribution is 2.58. The summed E-state index contributed by atoms with van der Waals surface area (Å²) in [5.41, 5.74) is 0.591. The molecule has 1 aliphatic carbocycles. The number of aromatic nitrogens is 2. The van der Waals surface area contributed by atoms with Crippen LogP contribution in [0.1, 0.15) is 66.0 Å². The molecule has 1 aromatic carbocycles. The average Bonchev–Trinajstić information content (AvgIpc) is 3.70. The van der Waals surface area contributed by atoms with Crippen molar-refractivity contribution in [3.63, 3.8) is 0 Å². The van der Waals surface area contributed by atoms with Gasteiger partial charge >= 0.3 is 6.18 Å². The highest BCUT2D eigenvalue weighted by molar-refractivity contribution is 6.08. The summed E-state index contributed by atoms with van der Waals surface area (Å²) in [6.07, 6.45) is -3.62. The average molecular weight is 573 g/mol. The molecule has 1 atom stereocenters. The highest BCUT2D eigenvalue weighted by atomic mass is 19.4. The number of H-pyrrole nitrogens is 1. The van der Waals surface area contributed by atoms with Gasteiger partial charge in [0.15, 0.2) is 0 Å². The number of aryl methyl sites for hydroxylation is 1. The van der Waals surface area contributed by atoms with E-state index in [1.807, 2.05) is 31.2 Å². The third-order valence-corrected chi connectivity index (χ3v) is 8.88. The van der Waals surface area contributed by atoms with E-state index in [0.29, 0.717) is 35.4 Å². The Morgan fingerprint density at radius 2 is 1.83 bits per heavy atom. The first-order valence-electron chi connectivity index (χ1n) is 13.9. The molecule has 3 heterocycles. The molecule has 5 rings (SSSR count). The van der Waals surface area contributed by atoms with E-state index >= 15 is 0 Å². The molecule has 0 radical (unpaired) electrons. The first kappa shape index (κ1) is 28.8. The summed E-state index contributed by atoms with van der Waals surface area (Å²) >= 11 is 0. The molecule has 3 aromatic rings. The molecule has 2 aliphatic rings. The van der Waals surface area contributed by atoms with Crippen LogP contribution in [0.4, 0.5) is 13.2 Å². The van der Waals surface area contributed by atoms with Crippen molar-refractivity contribution in [1.29, 1.82) is 0 Å². The van der Waals surface area contributed by atoms with E-state index in [4.69, 9.17) is 4.74 Å². The molecule has 2 fully saturated rings. The smallest absolute Gasteiger partial charge is 0.403 e. The van der Waals surface area contributed by atoms with Gasteiger partial charge in [0.25, 0.3) is 11.5 Å². The summed E-state index contributed by atoms with van der Waals surface area (Å²) in [6, 6.07) is 9.23. The number of fused-ring (bicyclic) bond motifs is 1. The third kappa shape index (κ3) is 4.99. The SMILES string of the molecule is COc1cc(C)[nH]c(=O)c1CNC(=O)c1c(C)n(C(C)C2CCN(C(=O)C3(C(F)(F)F)CC3)CC2)c2ccccc12. The van der Waals surface area contributed by atoms with E-state index in [1.165, 1.54) is 12.0 Å². The van der Waals surface area contributed by atoms with Crippen molar-refractivity contribution >= 4 is 22.7 Å². The Hall–Kier alpha value is -3.76. The van der Waals surface area contributed by atoms with Gasteiger partial charge in [-0.05, 0) is 64.5 Å². The Morgan fingerprint density at radius 1 is 1.17 bits per heavy atom. The van der Waals surface area contributed by atoms with Crippen LogP contribution in [0.5, 0.6) is 5.75 Å². The zero-order valence-electron chi connectivity index (χ0n) is 23.7. The standard InChI is InChI=1S/C30H35F3N4O4/c1-17-15-24(41-4)22(26(38)35-17)16-34-27(39)25-19(3)37(23-8-6-5-7-21(23)25)18(2)20-9-13-36(14-10-20)28(40)29(11-12-29)30(31,32)33/h5-8,15,18,20H,9-14,16H2,1-4H3,(H,34,39)(H,35,38). The number of hydrogen-bond donors (Lipinski definition) is 2. The molecule has 2 aromatic heterocycles.